The van der Waals surface area contributed by atoms with Gasteiger partial charge in [-0.15, -0.1) is 0 Å². The first-order chi connectivity index (χ1) is 11.1. The predicted molar refractivity (Wildman–Crippen MR) is 90.9 cm³/mol. The van der Waals surface area contributed by atoms with Crippen molar-refractivity contribution in [1.82, 2.24) is 4.98 Å². The Morgan fingerprint density at radius 2 is 2.04 bits per heavy atom. The standard InChI is InChI=1S/C17H20N4O2/c1-20(17(22)13-3-2-4-14(18)11-13)15-5-6-16(19-12-15)21-7-9-23-10-8-21/h2-6,11-12H,7-10,18H2,1H3. The maximum Gasteiger partial charge on any atom is 0.258 e. The zero-order chi connectivity index (χ0) is 16.2. The highest BCUT2D eigenvalue weighted by Crippen LogP contribution is 2.20. The van der Waals surface area contributed by atoms with E-state index in [1.165, 1.54) is 0 Å². The van der Waals surface area contributed by atoms with E-state index < -0.39 is 0 Å². The molecular weight excluding hydrogens is 292 g/mol. The van der Waals surface area contributed by atoms with Crippen molar-refractivity contribution in [2.24, 2.45) is 0 Å². The highest BCUT2D eigenvalue weighted by molar-refractivity contribution is 6.06. The Bertz CT molecular complexity index is 681. The maximum absolute atomic E-state index is 12.5. The van der Waals surface area contributed by atoms with Gasteiger partial charge in [-0.25, -0.2) is 4.98 Å². The van der Waals surface area contributed by atoms with Crippen LogP contribution in [0.15, 0.2) is 42.6 Å². The van der Waals surface area contributed by atoms with Crippen molar-refractivity contribution in [2.45, 2.75) is 0 Å². The minimum Gasteiger partial charge on any atom is -0.399 e. The van der Waals surface area contributed by atoms with Crippen molar-refractivity contribution in [3.8, 4) is 0 Å². The van der Waals surface area contributed by atoms with Crippen molar-refractivity contribution in [3.05, 3.63) is 48.2 Å². The Labute approximate surface area is 135 Å². The lowest BCUT2D eigenvalue weighted by Crippen LogP contribution is -2.36. The van der Waals surface area contributed by atoms with Gasteiger partial charge in [0.15, 0.2) is 0 Å². The van der Waals surface area contributed by atoms with Crippen molar-refractivity contribution in [2.75, 3.05) is 48.9 Å². The number of ether oxygens (including phenoxy) is 1. The van der Waals surface area contributed by atoms with E-state index in [-0.39, 0.29) is 5.91 Å². The Kier molecular flexibility index (Phi) is 4.43. The molecule has 1 fully saturated rings. The minimum atomic E-state index is -0.113. The van der Waals surface area contributed by atoms with Gasteiger partial charge in [0.25, 0.3) is 5.91 Å². The number of benzene rings is 1. The molecule has 1 aliphatic rings. The summed E-state index contributed by atoms with van der Waals surface area (Å²) in [5.41, 5.74) is 7.62. The number of carbonyl (C=O) groups is 1. The number of nitrogen functional groups attached to an aromatic ring is 1. The van der Waals surface area contributed by atoms with Gasteiger partial charge in [0.2, 0.25) is 0 Å². The molecule has 0 saturated carbocycles. The van der Waals surface area contributed by atoms with Crippen LogP contribution in [-0.4, -0.2) is 44.2 Å². The van der Waals surface area contributed by atoms with E-state index in [0.717, 1.165) is 37.8 Å². The second kappa shape index (κ2) is 6.66. The van der Waals surface area contributed by atoms with Gasteiger partial charge in [0, 0.05) is 31.4 Å². The maximum atomic E-state index is 12.5. The lowest BCUT2D eigenvalue weighted by molar-refractivity contribution is 0.0993. The highest BCUT2D eigenvalue weighted by atomic mass is 16.5. The molecule has 2 heterocycles. The fourth-order valence-electron chi connectivity index (χ4n) is 2.54. The lowest BCUT2D eigenvalue weighted by Gasteiger charge is -2.28. The fraction of sp³-hybridized carbons (Fsp3) is 0.294. The number of anilines is 3. The summed E-state index contributed by atoms with van der Waals surface area (Å²) in [6.45, 7) is 3.11. The third kappa shape index (κ3) is 3.43. The van der Waals surface area contributed by atoms with Crippen LogP contribution in [0.1, 0.15) is 10.4 Å². The van der Waals surface area contributed by atoms with E-state index in [2.05, 4.69) is 9.88 Å². The first-order valence-electron chi connectivity index (χ1n) is 7.57. The number of rotatable bonds is 3. The normalized spacial score (nSPS) is 14.6. The van der Waals surface area contributed by atoms with Crippen LogP contribution in [0.4, 0.5) is 17.2 Å². The van der Waals surface area contributed by atoms with Crippen molar-refractivity contribution in [1.29, 1.82) is 0 Å². The van der Waals surface area contributed by atoms with Crippen LogP contribution in [0.5, 0.6) is 0 Å². The van der Waals surface area contributed by atoms with Crippen molar-refractivity contribution >= 4 is 23.1 Å². The quantitative estimate of drug-likeness (QED) is 0.875. The van der Waals surface area contributed by atoms with Gasteiger partial charge in [0.05, 0.1) is 25.1 Å². The molecule has 0 atom stereocenters. The second-order valence-electron chi connectivity index (χ2n) is 5.46. The third-order valence-corrected chi connectivity index (χ3v) is 3.89. The lowest BCUT2D eigenvalue weighted by atomic mass is 10.1. The van der Waals surface area contributed by atoms with Crippen molar-refractivity contribution < 1.29 is 9.53 Å². The molecule has 23 heavy (non-hydrogen) atoms. The summed E-state index contributed by atoms with van der Waals surface area (Å²) >= 11 is 0. The smallest absolute Gasteiger partial charge is 0.258 e. The van der Waals surface area contributed by atoms with Gasteiger partial charge in [0.1, 0.15) is 5.82 Å². The molecule has 120 valence electrons. The number of morpholine rings is 1. The molecule has 0 unspecified atom stereocenters. The highest BCUT2D eigenvalue weighted by Gasteiger charge is 2.16. The van der Waals surface area contributed by atoms with E-state index in [9.17, 15) is 4.79 Å². The number of nitrogens with zero attached hydrogens (tertiary/aromatic N) is 3. The molecule has 1 aromatic carbocycles. The molecule has 2 aromatic rings. The van der Waals surface area contributed by atoms with Gasteiger partial charge < -0.3 is 20.3 Å². The minimum absolute atomic E-state index is 0.113. The first kappa shape index (κ1) is 15.3. The number of hydrogen-bond donors (Lipinski definition) is 1. The zero-order valence-corrected chi connectivity index (χ0v) is 13.1. The number of hydrogen-bond acceptors (Lipinski definition) is 5. The summed E-state index contributed by atoms with van der Waals surface area (Å²) in [4.78, 5) is 20.7. The molecule has 1 saturated heterocycles. The molecule has 0 spiro atoms. The molecule has 6 heteroatoms. The Morgan fingerprint density at radius 3 is 2.70 bits per heavy atom. The van der Waals surface area contributed by atoms with E-state index in [1.54, 1.807) is 42.4 Å². The fourth-order valence-corrected chi connectivity index (χ4v) is 2.54. The predicted octanol–water partition coefficient (Wildman–Crippen LogP) is 1.78. The van der Waals surface area contributed by atoms with E-state index in [4.69, 9.17) is 10.5 Å². The van der Waals surface area contributed by atoms with E-state index in [1.807, 2.05) is 12.1 Å². The summed E-state index contributed by atoms with van der Waals surface area (Å²) in [5.74, 6) is 0.792. The Morgan fingerprint density at radius 1 is 1.26 bits per heavy atom. The monoisotopic (exact) mass is 312 g/mol. The Hall–Kier alpha value is -2.60. The molecule has 1 aromatic heterocycles. The van der Waals surface area contributed by atoms with Crippen LogP contribution >= 0.6 is 0 Å². The van der Waals surface area contributed by atoms with Crippen molar-refractivity contribution in [3.63, 3.8) is 0 Å². The molecular formula is C17H20N4O2. The summed E-state index contributed by atoms with van der Waals surface area (Å²) in [6.07, 6.45) is 1.72. The molecule has 1 aliphatic heterocycles. The summed E-state index contributed by atoms with van der Waals surface area (Å²) in [6, 6.07) is 10.8. The second-order valence-corrected chi connectivity index (χ2v) is 5.46. The molecule has 0 aliphatic carbocycles. The summed E-state index contributed by atoms with van der Waals surface area (Å²) < 4.78 is 5.34. The number of pyridine rings is 1. The average molecular weight is 312 g/mol. The summed E-state index contributed by atoms with van der Waals surface area (Å²) in [7, 11) is 1.73. The SMILES string of the molecule is CN(C(=O)c1cccc(N)c1)c1ccc(N2CCOCC2)nc1. The number of nitrogens with two attached hydrogens (primary N) is 1. The topological polar surface area (TPSA) is 71.7 Å². The van der Waals surface area contributed by atoms with Gasteiger partial charge in [-0.05, 0) is 30.3 Å². The number of aromatic nitrogens is 1. The van der Waals surface area contributed by atoms with Crippen LogP contribution in [0.25, 0.3) is 0 Å². The van der Waals surface area contributed by atoms with Gasteiger partial charge in [-0.3, -0.25) is 4.79 Å². The summed E-state index contributed by atoms with van der Waals surface area (Å²) in [5, 5.41) is 0. The molecule has 2 N–H and O–H groups in total. The van der Waals surface area contributed by atoms with Crippen LogP contribution in [0.2, 0.25) is 0 Å². The van der Waals surface area contributed by atoms with Gasteiger partial charge in [-0.1, -0.05) is 6.07 Å². The van der Waals surface area contributed by atoms with Gasteiger partial charge in [-0.2, -0.15) is 0 Å². The molecule has 0 bridgehead atoms. The number of amides is 1. The van der Waals surface area contributed by atoms with Crippen LogP contribution in [0, 0.1) is 0 Å². The van der Waals surface area contributed by atoms with Crippen LogP contribution < -0.4 is 15.5 Å². The molecule has 0 radical (unpaired) electrons. The molecule has 1 amide bonds. The first-order valence-corrected chi connectivity index (χ1v) is 7.57. The Balaban J connectivity index is 1.74. The third-order valence-electron chi connectivity index (χ3n) is 3.89. The van der Waals surface area contributed by atoms with Crippen LogP contribution in [0.3, 0.4) is 0 Å². The van der Waals surface area contributed by atoms with Crippen LogP contribution in [-0.2, 0) is 4.74 Å². The van der Waals surface area contributed by atoms with Gasteiger partial charge >= 0.3 is 0 Å². The molecule has 6 nitrogen and oxygen atoms in total. The average Bonchev–Trinajstić information content (AvgIpc) is 2.61. The zero-order valence-electron chi connectivity index (χ0n) is 13.1. The van der Waals surface area contributed by atoms with E-state index in [0.29, 0.717) is 11.3 Å². The molecule has 3 rings (SSSR count). The largest absolute Gasteiger partial charge is 0.399 e. The number of carbonyl (C=O) groups excluding carboxylic acids is 1. The van der Waals surface area contributed by atoms with E-state index >= 15 is 0 Å².